The van der Waals surface area contributed by atoms with Crippen molar-refractivity contribution < 1.29 is 19.1 Å². The van der Waals surface area contributed by atoms with Crippen LogP contribution in [-0.4, -0.2) is 29.8 Å². The van der Waals surface area contributed by atoms with Gasteiger partial charge < -0.3 is 4.74 Å². The van der Waals surface area contributed by atoms with E-state index in [0.717, 1.165) is 0 Å². The van der Waals surface area contributed by atoms with E-state index in [1.807, 2.05) is 0 Å². The standard InChI is InChI=1S/C14H13NO4/c1-2-11(16)15-10-6-4-3-5-9(10)12(17)14(15)7-8-19-13(14)18/h3-6H,2,7-8H2,1H3. The molecule has 1 atom stereocenters. The van der Waals surface area contributed by atoms with Crippen molar-refractivity contribution in [3.63, 3.8) is 0 Å². The largest absolute Gasteiger partial charge is 0.463 e. The highest BCUT2D eigenvalue weighted by Gasteiger charge is 2.62. The van der Waals surface area contributed by atoms with Gasteiger partial charge in [0.15, 0.2) is 0 Å². The number of Topliss-reactive ketones (excluding diaryl/α,β-unsaturated/α-hetero) is 1. The van der Waals surface area contributed by atoms with Crippen LogP contribution in [-0.2, 0) is 14.3 Å². The van der Waals surface area contributed by atoms with Gasteiger partial charge in [0.1, 0.15) is 0 Å². The van der Waals surface area contributed by atoms with Crippen molar-refractivity contribution in [3.8, 4) is 0 Å². The Labute approximate surface area is 110 Å². The van der Waals surface area contributed by atoms with Crippen LogP contribution in [0.3, 0.4) is 0 Å². The number of ether oxygens (including phenoxy) is 1. The molecule has 1 unspecified atom stereocenters. The van der Waals surface area contributed by atoms with Crippen LogP contribution in [0, 0.1) is 0 Å². The normalized spacial score (nSPS) is 24.8. The van der Waals surface area contributed by atoms with E-state index in [4.69, 9.17) is 4.74 Å². The molecule has 2 aliphatic heterocycles. The smallest absolute Gasteiger partial charge is 0.340 e. The number of rotatable bonds is 1. The van der Waals surface area contributed by atoms with E-state index in [-0.39, 0.29) is 31.1 Å². The van der Waals surface area contributed by atoms with Gasteiger partial charge in [0.2, 0.25) is 17.2 Å². The predicted octanol–water partition coefficient (Wildman–Crippen LogP) is 1.31. The molecule has 3 rings (SSSR count). The summed E-state index contributed by atoms with van der Waals surface area (Å²) in [6.07, 6.45) is 0.460. The molecule has 1 aromatic rings. The van der Waals surface area contributed by atoms with E-state index in [1.54, 1.807) is 31.2 Å². The van der Waals surface area contributed by atoms with Crippen LogP contribution in [0.5, 0.6) is 0 Å². The second-order valence-corrected chi connectivity index (χ2v) is 4.68. The van der Waals surface area contributed by atoms with E-state index in [1.165, 1.54) is 4.90 Å². The lowest BCUT2D eigenvalue weighted by Crippen LogP contribution is -2.56. The van der Waals surface area contributed by atoms with Crippen molar-refractivity contribution in [1.82, 2.24) is 0 Å². The van der Waals surface area contributed by atoms with E-state index in [2.05, 4.69) is 0 Å². The minimum absolute atomic E-state index is 0.173. The zero-order valence-corrected chi connectivity index (χ0v) is 10.5. The molecule has 0 N–H and O–H groups in total. The van der Waals surface area contributed by atoms with Gasteiger partial charge in [-0.15, -0.1) is 0 Å². The van der Waals surface area contributed by atoms with Crippen LogP contribution in [0.1, 0.15) is 30.1 Å². The first-order valence-electron chi connectivity index (χ1n) is 6.27. The van der Waals surface area contributed by atoms with Gasteiger partial charge >= 0.3 is 5.97 Å². The summed E-state index contributed by atoms with van der Waals surface area (Å²) < 4.78 is 4.96. The summed E-state index contributed by atoms with van der Waals surface area (Å²) in [5.41, 5.74) is -0.530. The summed E-state index contributed by atoms with van der Waals surface area (Å²) in [6.45, 7) is 1.88. The lowest BCUT2D eigenvalue weighted by Gasteiger charge is -2.29. The van der Waals surface area contributed by atoms with Crippen LogP contribution in [0.2, 0.25) is 0 Å². The van der Waals surface area contributed by atoms with E-state index >= 15 is 0 Å². The first-order chi connectivity index (χ1) is 9.13. The van der Waals surface area contributed by atoms with Crippen molar-refractivity contribution in [2.45, 2.75) is 25.3 Å². The number of amides is 1. The third kappa shape index (κ3) is 1.32. The Morgan fingerprint density at radius 2 is 2.11 bits per heavy atom. The number of benzene rings is 1. The fraction of sp³-hybridized carbons (Fsp3) is 0.357. The summed E-state index contributed by atoms with van der Waals surface area (Å²) in [5.74, 6) is -1.18. The van der Waals surface area contributed by atoms with Gasteiger partial charge in [-0.25, -0.2) is 4.79 Å². The molecule has 98 valence electrons. The maximum Gasteiger partial charge on any atom is 0.340 e. The average molecular weight is 259 g/mol. The number of fused-ring (bicyclic) bond motifs is 1. The third-order valence-corrected chi connectivity index (χ3v) is 3.73. The molecule has 5 heteroatoms. The fourth-order valence-corrected chi connectivity index (χ4v) is 2.82. The zero-order valence-electron chi connectivity index (χ0n) is 10.5. The second-order valence-electron chi connectivity index (χ2n) is 4.68. The molecule has 0 aromatic heterocycles. The Morgan fingerprint density at radius 1 is 1.37 bits per heavy atom. The molecule has 1 saturated heterocycles. The zero-order chi connectivity index (χ0) is 13.6. The third-order valence-electron chi connectivity index (χ3n) is 3.73. The molecule has 0 aliphatic carbocycles. The molecule has 5 nitrogen and oxygen atoms in total. The Kier molecular flexibility index (Phi) is 2.45. The van der Waals surface area contributed by atoms with Gasteiger partial charge in [0.05, 0.1) is 12.3 Å². The molecule has 1 amide bonds. The highest BCUT2D eigenvalue weighted by atomic mass is 16.5. The fourth-order valence-electron chi connectivity index (χ4n) is 2.82. The molecule has 1 spiro atoms. The van der Waals surface area contributed by atoms with Gasteiger partial charge in [0.25, 0.3) is 0 Å². The maximum atomic E-state index is 12.6. The van der Waals surface area contributed by atoms with E-state index in [9.17, 15) is 14.4 Å². The SMILES string of the molecule is CCC(=O)N1c2ccccc2C(=O)C12CCOC2=O. The number of hydrogen-bond acceptors (Lipinski definition) is 4. The minimum atomic E-state index is -1.46. The van der Waals surface area contributed by atoms with E-state index < -0.39 is 11.5 Å². The molecule has 0 radical (unpaired) electrons. The number of para-hydroxylation sites is 1. The number of cyclic esters (lactones) is 1. The second kappa shape index (κ2) is 3.91. The Balaban J connectivity index is 2.24. The van der Waals surface area contributed by atoms with Crippen LogP contribution in [0.15, 0.2) is 24.3 Å². The van der Waals surface area contributed by atoms with Gasteiger partial charge in [-0.2, -0.15) is 0 Å². The van der Waals surface area contributed by atoms with Crippen LogP contribution < -0.4 is 4.90 Å². The number of carbonyl (C=O) groups is 3. The van der Waals surface area contributed by atoms with Crippen molar-refractivity contribution in [2.24, 2.45) is 0 Å². The molecular formula is C14H13NO4. The number of nitrogens with zero attached hydrogens (tertiary/aromatic N) is 1. The van der Waals surface area contributed by atoms with Crippen molar-refractivity contribution >= 4 is 23.3 Å². The molecule has 1 aromatic carbocycles. The van der Waals surface area contributed by atoms with Gasteiger partial charge in [-0.1, -0.05) is 19.1 Å². The summed E-state index contributed by atoms with van der Waals surface area (Å²) in [7, 11) is 0. The Morgan fingerprint density at radius 3 is 2.74 bits per heavy atom. The monoisotopic (exact) mass is 259 g/mol. The van der Waals surface area contributed by atoms with Crippen molar-refractivity contribution in [3.05, 3.63) is 29.8 Å². The molecule has 2 aliphatic rings. The quantitative estimate of drug-likeness (QED) is 0.563. The molecule has 0 bridgehead atoms. The lowest BCUT2D eigenvalue weighted by molar-refractivity contribution is -0.142. The highest BCUT2D eigenvalue weighted by Crippen LogP contribution is 2.44. The van der Waals surface area contributed by atoms with Crippen molar-refractivity contribution in [2.75, 3.05) is 11.5 Å². The van der Waals surface area contributed by atoms with Gasteiger partial charge in [-0.3, -0.25) is 14.5 Å². The van der Waals surface area contributed by atoms with Crippen molar-refractivity contribution in [1.29, 1.82) is 0 Å². The first kappa shape index (κ1) is 11.9. The minimum Gasteiger partial charge on any atom is -0.463 e. The molecule has 0 saturated carbocycles. The average Bonchev–Trinajstić information content (AvgIpc) is 2.92. The predicted molar refractivity (Wildman–Crippen MR) is 66.9 cm³/mol. The molecule has 2 heterocycles. The van der Waals surface area contributed by atoms with Crippen LogP contribution in [0.25, 0.3) is 0 Å². The number of anilines is 1. The van der Waals surface area contributed by atoms with E-state index in [0.29, 0.717) is 11.3 Å². The Bertz CT molecular complexity index is 595. The summed E-state index contributed by atoms with van der Waals surface area (Å²) >= 11 is 0. The molecule has 1 fully saturated rings. The maximum absolute atomic E-state index is 12.6. The first-order valence-corrected chi connectivity index (χ1v) is 6.27. The number of carbonyl (C=O) groups excluding carboxylic acids is 3. The number of esters is 1. The van der Waals surface area contributed by atoms with Gasteiger partial charge in [0, 0.05) is 18.4 Å². The van der Waals surface area contributed by atoms with Crippen LogP contribution >= 0.6 is 0 Å². The molecule has 19 heavy (non-hydrogen) atoms. The number of hydrogen-bond donors (Lipinski definition) is 0. The highest BCUT2D eigenvalue weighted by molar-refractivity contribution is 6.30. The number of ketones is 1. The summed E-state index contributed by atoms with van der Waals surface area (Å²) in [6, 6.07) is 6.82. The summed E-state index contributed by atoms with van der Waals surface area (Å²) in [4.78, 5) is 38.2. The van der Waals surface area contributed by atoms with Gasteiger partial charge in [-0.05, 0) is 12.1 Å². The van der Waals surface area contributed by atoms with Crippen LogP contribution in [0.4, 0.5) is 5.69 Å². The lowest BCUT2D eigenvalue weighted by atomic mass is 9.91. The molecular weight excluding hydrogens is 246 g/mol. The summed E-state index contributed by atoms with van der Waals surface area (Å²) in [5, 5.41) is 0. The topological polar surface area (TPSA) is 63.7 Å². The Hall–Kier alpha value is -2.17.